The highest BCUT2D eigenvalue weighted by atomic mass is 16.2. The van der Waals surface area contributed by atoms with Gasteiger partial charge in [-0.05, 0) is 6.54 Å². The van der Waals surface area contributed by atoms with Crippen molar-refractivity contribution in [3.05, 3.63) is 12.7 Å². The zero-order valence-corrected chi connectivity index (χ0v) is 13.2. The van der Waals surface area contributed by atoms with Gasteiger partial charge in [-0.25, -0.2) is 0 Å². The lowest BCUT2D eigenvalue weighted by Gasteiger charge is -2.35. The van der Waals surface area contributed by atoms with Crippen molar-refractivity contribution in [2.45, 2.75) is 13.8 Å². The van der Waals surface area contributed by atoms with E-state index in [9.17, 15) is 9.59 Å². The Morgan fingerprint density at radius 2 is 1.95 bits per heavy atom. The first kappa shape index (κ1) is 17.7. The normalized spacial score (nSPS) is 17.3. The quantitative estimate of drug-likeness (QED) is 0.603. The molecular formula is C15H28N4O2. The summed E-state index contributed by atoms with van der Waals surface area (Å²) in [6.45, 7) is 13.0. The largest absolute Gasteiger partial charge is 0.352 e. The smallest absolute Gasteiger partial charge is 0.234 e. The Morgan fingerprint density at radius 1 is 1.29 bits per heavy atom. The summed E-state index contributed by atoms with van der Waals surface area (Å²) in [6, 6.07) is 0. The second-order valence-electron chi connectivity index (χ2n) is 5.40. The summed E-state index contributed by atoms with van der Waals surface area (Å²) in [6.07, 6.45) is 1.67. The monoisotopic (exact) mass is 296 g/mol. The maximum absolute atomic E-state index is 12.3. The second-order valence-corrected chi connectivity index (χ2v) is 5.40. The molecule has 1 rings (SSSR count). The maximum Gasteiger partial charge on any atom is 0.234 e. The molecule has 0 aromatic rings. The maximum atomic E-state index is 12.3. The second kappa shape index (κ2) is 9.52. The van der Waals surface area contributed by atoms with Crippen LogP contribution in [0.15, 0.2) is 12.7 Å². The molecular weight excluding hydrogens is 268 g/mol. The summed E-state index contributed by atoms with van der Waals surface area (Å²) in [5.74, 6) is 0.217. The zero-order chi connectivity index (χ0) is 15.7. The highest BCUT2D eigenvalue weighted by Gasteiger charge is 2.25. The number of hydrogen-bond donors (Lipinski definition) is 2. The first-order valence-corrected chi connectivity index (χ1v) is 7.68. The van der Waals surface area contributed by atoms with Gasteiger partial charge in [0.05, 0.1) is 6.54 Å². The Morgan fingerprint density at radius 3 is 2.52 bits per heavy atom. The van der Waals surface area contributed by atoms with Crippen LogP contribution in [0.1, 0.15) is 13.8 Å². The van der Waals surface area contributed by atoms with Crippen molar-refractivity contribution < 1.29 is 9.59 Å². The zero-order valence-electron chi connectivity index (χ0n) is 13.2. The third kappa shape index (κ3) is 6.27. The summed E-state index contributed by atoms with van der Waals surface area (Å²) >= 11 is 0. The van der Waals surface area contributed by atoms with Gasteiger partial charge < -0.3 is 15.5 Å². The van der Waals surface area contributed by atoms with Crippen LogP contribution in [-0.4, -0.2) is 74.0 Å². The molecule has 1 atom stereocenters. The van der Waals surface area contributed by atoms with E-state index in [1.54, 1.807) is 6.08 Å². The van der Waals surface area contributed by atoms with Crippen LogP contribution in [0.5, 0.6) is 0 Å². The fourth-order valence-corrected chi connectivity index (χ4v) is 2.33. The van der Waals surface area contributed by atoms with Gasteiger partial charge in [-0.3, -0.25) is 14.5 Å². The molecule has 0 saturated carbocycles. The van der Waals surface area contributed by atoms with E-state index in [0.29, 0.717) is 26.2 Å². The molecule has 1 unspecified atom stereocenters. The minimum Gasteiger partial charge on any atom is -0.352 e. The fourth-order valence-electron chi connectivity index (χ4n) is 2.33. The van der Waals surface area contributed by atoms with Gasteiger partial charge in [-0.15, -0.1) is 6.58 Å². The molecule has 1 heterocycles. The number of amides is 2. The number of nitrogens with one attached hydrogen (secondary N) is 2. The van der Waals surface area contributed by atoms with Crippen LogP contribution >= 0.6 is 0 Å². The number of hydrogen-bond acceptors (Lipinski definition) is 4. The highest BCUT2D eigenvalue weighted by Crippen LogP contribution is 2.07. The molecule has 6 heteroatoms. The van der Waals surface area contributed by atoms with Gasteiger partial charge in [0.15, 0.2) is 0 Å². The number of rotatable bonds is 8. The van der Waals surface area contributed by atoms with Crippen molar-refractivity contribution in [3.63, 3.8) is 0 Å². The molecule has 1 aliphatic heterocycles. The molecule has 21 heavy (non-hydrogen) atoms. The van der Waals surface area contributed by atoms with Crippen molar-refractivity contribution in [2.75, 3.05) is 52.4 Å². The molecule has 0 aliphatic carbocycles. The van der Waals surface area contributed by atoms with Crippen LogP contribution in [0.3, 0.4) is 0 Å². The molecule has 6 nitrogen and oxygen atoms in total. The summed E-state index contributed by atoms with van der Waals surface area (Å²) in [7, 11) is 0. The Balaban J connectivity index is 2.29. The molecule has 1 aliphatic rings. The van der Waals surface area contributed by atoms with E-state index in [-0.39, 0.29) is 17.7 Å². The lowest BCUT2D eigenvalue weighted by atomic mass is 10.1. The first-order valence-electron chi connectivity index (χ1n) is 7.68. The number of piperazine rings is 1. The van der Waals surface area contributed by atoms with Gasteiger partial charge in [0, 0.05) is 45.2 Å². The van der Waals surface area contributed by atoms with Crippen LogP contribution in [-0.2, 0) is 9.59 Å². The predicted octanol–water partition coefficient (Wildman–Crippen LogP) is -0.322. The van der Waals surface area contributed by atoms with Gasteiger partial charge in [-0.2, -0.15) is 0 Å². The summed E-state index contributed by atoms with van der Waals surface area (Å²) < 4.78 is 0. The van der Waals surface area contributed by atoms with Gasteiger partial charge >= 0.3 is 0 Å². The van der Waals surface area contributed by atoms with Crippen molar-refractivity contribution in [1.29, 1.82) is 0 Å². The predicted molar refractivity (Wildman–Crippen MR) is 83.9 cm³/mol. The lowest BCUT2D eigenvalue weighted by molar-refractivity contribution is -0.136. The molecule has 1 fully saturated rings. The molecule has 120 valence electrons. The Kier molecular flexibility index (Phi) is 8.00. The van der Waals surface area contributed by atoms with Gasteiger partial charge in [0.25, 0.3) is 0 Å². The van der Waals surface area contributed by atoms with Crippen LogP contribution in [0, 0.1) is 5.92 Å². The average Bonchev–Trinajstić information content (AvgIpc) is 2.50. The van der Waals surface area contributed by atoms with Crippen molar-refractivity contribution in [3.8, 4) is 0 Å². The average molecular weight is 296 g/mol. The number of carbonyl (C=O) groups excluding carboxylic acids is 2. The van der Waals surface area contributed by atoms with E-state index in [1.807, 2.05) is 18.7 Å². The van der Waals surface area contributed by atoms with Crippen molar-refractivity contribution in [2.24, 2.45) is 5.92 Å². The van der Waals surface area contributed by atoms with Gasteiger partial charge in [-0.1, -0.05) is 19.9 Å². The van der Waals surface area contributed by atoms with Crippen LogP contribution in [0.4, 0.5) is 0 Å². The Hall–Kier alpha value is -1.40. The van der Waals surface area contributed by atoms with Crippen molar-refractivity contribution in [1.82, 2.24) is 20.4 Å². The van der Waals surface area contributed by atoms with E-state index in [2.05, 4.69) is 22.1 Å². The summed E-state index contributed by atoms with van der Waals surface area (Å²) in [5, 5.41) is 5.97. The van der Waals surface area contributed by atoms with Crippen LogP contribution in [0.2, 0.25) is 0 Å². The minimum atomic E-state index is 0.00684. The third-order valence-corrected chi connectivity index (χ3v) is 3.62. The van der Waals surface area contributed by atoms with E-state index in [1.165, 1.54) is 0 Å². The molecule has 0 aromatic carbocycles. The molecule has 0 aromatic heterocycles. The number of nitrogens with zero attached hydrogens (tertiary/aromatic N) is 2. The molecule has 2 N–H and O–H groups in total. The molecule has 0 spiro atoms. The van der Waals surface area contributed by atoms with Gasteiger partial charge in [0.2, 0.25) is 11.8 Å². The molecule has 2 amide bonds. The van der Waals surface area contributed by atoms with E-state index < -0.39 is 0 Å². The van der Waals surface area contributed by atoms with Crippen molar-refractivity contribution >= 4 is 11.8 Å². The third-order valence-electron chi connectivity index (χ3n) is 3.62. The molecule has 0 radical (unpaired) electrons. The lowest BCUT2D eigenvalue weighted by Crippen LogP contribution is -2.52. The van der Waals surface area contributed by atoms with Crippen LogP contribution < -0.4 is 10.6 Å². The standard InChI is InChI=1S/C15H28N4O2/c1-4-6-17-14(20)12-18-7-9-19(10-8-18)15(21)13(3)11-16-5-2/h4,13,16H,1,5-12H2,2-3H3,(H,17,20). The Bertz CT molecular complexity index is 352. The SMILES string of the molecule is C=CCNC(=O)CN1CCN(C(=O)C(C)CNCC)CC1. The van der Waals surface area contributed by atoms with E-state index in [4.69, 9.17) is 0 Å². The number of carbonyl (C=O) groups is 2. The highest BCUT2D eigenvalue weighted by molar-refractivity contribution is 5.79. The topological polar surface area (TPSA) is 64.7 Å². The Labute approximate surface area is 127 Å². The fraction of sp³-hybridized carbons (Fsp3) is 0.733. The first-order chi connectivity index (χ1) is 10.1. The molecule has 0 bridgehead atoms. The molecule has 1 saturated heterocycles. The van der Waals surface area contributed by atoms with Gasteiger partial charge in [0.1, 0.15) is 0 Å². The van der Waals surface area contributed by atoms with E-state index in [0.717, 1.165) is 26.2 Å². The van der Waals surface area contributed by atoms with Crippen LogP contribution in [0.25, 0.3) is 0 Å². The summed E-state index contributed by atoms with van der Waals surface area (Å²) in [4.78, 5) is 27.9. The summed E-state index contributed by atoms with van der Waals surface area (Å²) in [5.41, 5.74) is 0. The van der Waals surface area contributed by atoms with E-state index >= 15 is 0 Å². The minimum absolute atomic E-state index is 0.00684.